The van der Waals surface area contributed by atoms with E-state index in [1.54, 1.807) is 10.00 Å². The summed E-state index contributed by atoms with van der Waals surface area (Å²) in [7, 11) is 0. The molecular formula is C22H24F6N6O5. The molecule has 3 atom stereocenters. The van der Waals surface area contributed by atoms with E-state index in [1.807, 2.05) is 0 Å². The van der Waals surface area contributed by atoms with Crippen LogP contribution in [0, 0.1) is 0 Å². The number of alkyl halides is 6. The molecule has 0 bridgehead atoms. The van der Waals surface area contributed by atoms with Gasteiger partial charge in [-0.1, -0.05) is 0 Å². The average molecular weight is 566 g/mol. The number of piperazine rings is 1. The number of aliphatic hydroxyl groups excluding tert-OH is 1. The molecule has 2 aliphatic heterocycles. The Morgan fingerprint density at radius 2 is 1.97 bits per heavy atom. The summed E-state index contributed by atoms with van der Waals surface area (Å²) in [5, 5.41) is 17.9. The predicted molar refractivity (Wildman–Crippen MR) is 122 cm³/mol. The maximum absolute atomic E-state index is 13.2. The van der Waals surface area contributed by atoms with E-state index in [2.05, 4.69) is 15.4 Å². The molecule has 0 aromatic carbocycles. The highest BCUT2D eigenvalue weighted by Gasteiger charge is 2.40. The predicted octanol–water partition coefficient (Wildman–Crippen LogP) is 1.49. The van der Waals surface area contributed by atoms with E-state index in [0.717, 1.165) is 18.5 Å². The second-order valence-electron chi connectivity index (χ2n) is 9.07. The van der Waals surface area contributed by atoms with Crippen LogP contribution >= 0.6 is 0 Å². The minimum Gasteiger partial charge on any atom is -0.487 e. The van der Waals surface area contributed by atoms with Gasteiger partial charge in [-0.05, 0) is 13.0 Å². The lowest BCUT2D eigenvalue weighted by Crippen LogP contribution is -2.60. The molecule has 17 heteroatoms. The van der Waals surface area contributed by atoms with Crippen LogP contribution in [0.5, 0.6) is 5.75 Å². The number of hydrogen-bond acceptors (Lipinski definition) is 9. The molecule has 214 valence electrons. The van der Waals surface area contributed by atoms with E-state index < -0.39 is 65.4 Å². The molecule has 39 heavy (non-hydrogen) atoms. The van der Waals surface area contributed by atoms with Crippen molar-refractivity contribution < 1.29 is 45.7 Å². The molecule has 4 heterocycles. The largest absolute Gasteiger partial charge is 0.487 e. The van der Waals surface area contributed by atoms with Crippen LogP contribution < -0.4 is 20.5 Å². The van der Waals surface area contributed by atoms with Crippen molar-refractivity contribution in [3.8, 4) is 5.75 Å². The van der Waals surface area contributed by atoms with Gasteiger partial charge in [0.2, 0.25) is 0 Å². The fourth-order valence-corrected chi connectivity index (χ4v) is 4.31. The van der Waals surface area contributed by atoms with Crippen LogP contribution in [0.3, 0.4) is 0 Å². The molecule has 1 amide bonds. The molecule has 4 rings (SSSR count). The molecule has 0 radical (unpaired) electrons. The van der Waals surface area contributed by atoms with Crippen molar-refractivity contribution in [3.05, 3.63) is 39.9 Å². The van der Waals surface area contributed by atoms with Gasteiger partial charge in [0.15, 0.2) is 17.7 Å². The summed E-state index contributed by atoms with van der Waals surface area (Å²) in [6, 6.07) is -0.267. The number of aromatic nitrogens is 3. The van der Waals surface area contributed by atoms with Crippen molar-refractivity contribution in [1.29, 1.82) is 0 Å². The number of ether oxygens (including phenoxy) is 2. The molecule has 2 aliphatic rings. The fourth-order valence-electron chi connectivity index (χ4n) is 4.31. The quantitative estimate of drug-likeness (QED) is 0.427. The van der Waals surface area contributed by atoms with Gasteiger partial charge in [0, 0.05) is 31.9 Å². The Kier molecular flexibility index (Phi) is 7.92. The van der Waals surface area contributed by atoms with E-state index >= 15 is 0 Å². The molecule has 3 N–H and O–H groups in total. The van der Waals surface area contributed by atoms with Crippen molar-refractivity contribution in [2.45, 2.75) is 37.5 Å². The average Bonchev–Trinajstić information content (AvgIpc) is 2.86. The number of aliphatic hydroxyl groups is 1. The number of hydrogen-bond donors (Lipinski definition) is 3. The normalized spacial score (nSPS) is 19.0. The molecule has 2 aromatic rings. The minimum atomic E-state index is -4.92. The third kappa shape index (κ3) is 6.35. The van der Waals surface area contributed by atoms with Gasteiger partial charge < -0.3 is 29.7 Å². The van der Waals surface area contributed by atoms with Crippen LogP contribution in [0.2, 0.25) is 0 Å². The lowest BCUT2D eigenvalue weighted by atomic mass is 10.1. The third-order valence-corrected chi connectivity index (χ3v) is 6.13. The van der Waals surface area contributed by atoms with Crippen molar-refractivity contribution in [1.82, 2.24) is 20.1 Å². The van der Waals surface area contributed by atoms with E-state index in [1.165, 1.54) is 11.8 Å². The van der Waals surface area contributed by atoms with Gasteiger partial charge >= 0.3 is 12.4 Å². The number of nitrogens with zero attached hydrogens (tertiary/aromatic N) is 4. The zero-order chi connectivity index (χ0) is 28.5. The van der Waals surface area contributed by atoms with Crippen molar-refractivity contribution in [2.24, 2.45) is 0 Å². The summed E-state index contributed by atoms with van der Waals surface area (Å²) in [5.74, 6) is -0.421. The highest BCUT2D eigenvalue weighted by atomic mass is 19.4. The fraction of sp³-hybridized carbons (Fsp3) is 0.545. The Labute approximate surface area is 216 Å². The van der Waals surface area contributed by atoms with Crippen molar-refractivity contribution in [2.75, 3.05) is 49.7 Å². The summed E-state index contributed by atoms with van der Waals surface area (Å²) < 4.78 is 89.2. The standard InChI is InChI=1S/C22H24F6N6O5/c1-11(31-14-6-30-32-19(36)17(14)22(26,27)28)8-38-10-15(35)20(37)33-2-3-34-13(7-33)9-39-16-4-12(21(23,24)25)5-29-18(16)34/h4-6,11,13,15,35H,2-3,7-10H2,1H3,(H2,31,32,36)/t11-,13-,15+/m0/s1. The zero-order valence-electron chi connectivity index (χ0n) is 20.3. The number of carbonyl (C=O) groups is 1. The molecule has 2 aromatic heterocycles. The Hall–Kier alpha value is -3.60. The van der Waals surface area contributed by atoms with Crippen LogP contribution in [0.15, 0.2) is 23.3 Å². The number of rotatable bonds is 7. The van der Waals surface area contributed by atoms with E-state index in [4.69, 9.17) is 9.47 Å². The minimum absolute atomic E-state index is 0.00439. The number of aromatic amines is 1. The monoisotopic (exact) mass is 566 g/mol. The topological polar surface area (TPSA) is 133 Å². The van der Waals surface area contributed by atoms with E-state index in [0.29, 0.717) is 0 Å². The maximum atomic E-state index is 13.2. The van der Waals surface area contributed by atoms with Crippen LogP contribution in [0.1, 0.15) is 18.1 Å². The smallest absolute Gasteiger partial charge is 0.423 e. The first-order valence-corrected chi connectivity index (χ1v) is 11.7. The van der Waals surface area contributed by atoms with Gasteiger partial charge in [-0.3, -0.25) is 9.59 Å². The summed E-state index contributed by atoms with van der Waals surface area (Å²) in [6.45, 7) is 1.34. The molecule has 11 nitrogen and oxygen atoms in total. The Bertz CT molecular complexity index is 1260. The summed E-state index contributed by atoms with van der Waals surface area (Å²) in [4.78, 5) is 31.3. The van der Waals surface area contributed by atoms with Crippen LogP contribution in [-0.2, 0) is 21.9 Å². The third-order valence-electron chi connectivity index (χ3n) is 6.13. The second kappa shape index (κ2) is 10.9. The second-order valence-corrected chi connectivity index (χ2v) is 9.07. The van der Waals surface area contributed by atoms with Gasteiger partial charge in [-0.25, -0.2) is 10.1 Å². The Balaban J connectivity index is 1.28. The van der Waals surface area contributed by atoms with Crippen LogP contribution in [0.25, 0.3) is 0 Å². The number of H-pyrrole nitrogens is 1. The number of anilines is 2. The van der Waals surface area contributed by atoms with E-state index in [9.17, 15) is 41.0 Å². The molecule has 1 saturated heterocycles. The Morgan fingerprint density at radius 1 is 1.23 bits per heavy atom. The molecule has 0 unspecified atom stereocenters. The number of nitrogens with one attached hydrogen (secondary N) is 2. The van der Waals surface area contributed by atoms with Gasteiger partial charge in [0.1, 0.15) is 12.2 Å². The molecule has 0 spiro atoms. The first-order chi connectivity index (χ1) is 18.3. The number of fused-ring (bicyclic) bond motifs is 3. The molecular weight excluding hydrogens is 542 g/mol. The summed E-state index contributed by atoms with van der Waals surface area (Å²) >= 11 is 0. The lowest BCUT2D eigenvalue weighted by Gasteiger charge is -2.45. The number of amides is 1. The van der Waals surface area contributed by atoms with Gasteiger partial charge in [-0.15, -0.1) is 0 Å². The molecule has 0 aliphatic carbocycles. The van der Waals surface area contributed by atoms with Crippen molar-refractivity contribution >= 4 is 17.4 Å². The SMILES string of the molecule is C[C@@H](COC[C@@H](O)C(=O)N1CCN2c3ncc(C(F)(F)F)cc3OC[C@@H]2C1)Nc1cn[nH]c(=O)c1C(F)(F)F. The highest BCUT2D eigenvalue weighted by Crippen LogP contribution is 2.38. The molecule has 0 saturated carbocycles. The Morgan fingerprint density at radius 3 is 2.67 bits per heavy atom. The maximum Gasteiger partial charge on any atom is 0.423 e. The summed E-state index contributed by atoms with van der Waals surface area (Å²) in [6.07, 6.45) is -9.52. The van der Waals surface area contributed by atoms with E-state index in [-0.39, 0.29) is 44.4 Å². The first-order valence-electron chi connectivity index (χ1n) is 11.7. The number of pyridine rings is 1. The zero-order valence-corrected chi connectivity index (χ0v) is 20.3. The van der Waals surface area contributed by atoms with Crippen molar-refractivity contribution in [3.63, 3.8) is 0 Å². The number of carbonyl (C=O) groups excluding carboxylic acids is 1. The molecule has 1 fully saturated rings. The lowest BCUT2D eigenvalue weighted by molar-refractivity contribution is -0.144. The summed E-state index contributed by atoms with van der Waals surface area (Å²) in [5.41, 5.74) is -4.33. The highest BCUT2D eigenvalue weighted by molar-refractivity contribution is 5.81. The van der Waals surface area contributed by atoms with Crippen LogP contribution in [-0.4, -0.2) is 88.7 Å². The van der Waals surface area contributed by atoms with Crippen LogP contribution in [0.4, 0.5) is 37.8 Å². The first kappa shape index (κ1) is 28.4. The number of halogens is 6. The van der Waals surface area contributed by atoms with Gasteiger partial charge in [-0.2, -0.15) is 31.4 Å². The van der Waals surface area contributed by atoms with Gasteiger partial charge in [0.25, 0.3) is 11.5 Å². The van der Waals surface area contributed by atoms with Gasteiger partial charge in [0.05, 0.1) is 36.7 Å².